The molecule has 1 aromatic heterocycles. The Balaban J connectivity index is 1.51. The number of aromatic nitrogens is 1. The number of thioether (sulfide) groups is 1. The van der Waals surface area contributed by atoms with Gasteiger partial charge < -0.3 is 9.30 Å². The molecule has 27 heavy (non-hydrogen) atoms. The molecule has 0 spiro atoms. The van der Waals surface area contributed by atoms with E-state index < -0.39 is 0 Å². The predicted octanol–water partition coefficient (Wildman–Crippen LogP) is 4.43. The zero-order valence-electron chi connectivity index (χ0n) is 14.6. The summed E-state index contributed by atoms with van der Waals surface area (Å²) in [6.07, 6.45) is 4.67. The maximum Gasteiger partial charge on any atom is 0.290 e. The number of hydrogen-bond donors (Lipinski definition) is 1. The number of amides is 2. The summed E-state index contributed by atoms with van der Waals surface area (Å²) in [6.45, 7) is 1.43. The molecule has 3 aromatic rings. The van der Waals surface area contributed by atoms with Gasteiger partial charge in [0.05, 0.1) is 11.5 Å². The van der Waals surface area contributed by atoms with Crippen LogP contribution in [0.25, 0.3) is 17.0 Å². The predicted molar refractivity (Wildman–Crippen MR) is 108 cm³/mol. The Morgan fingerprint density at radius 1 is 1.04 bits per heavy atom. The zero-order chi connectivity index (χ0) is 18.6. The van der Waals surface area contributed by atoms with Crippen molar-refractivity contribution in [3.05, 3.63) is 71.3 Å². The van der Waals surface area contributed by atoms with E-state index in [4.69, 9.17) is 4.74 Å². The number of benzene rings is 2. The van der Waals surface area contributed by atoms with Crippen LogP contribution in [-0.2, 0) is 11.3 Å². The highest BCUT2D eigenvalue weighted by molar-refractivity contribution is 8.18. The molecule has 1 saturated heterocycles. The van der Waals surface area contributed by atoms with Crippen molar-refractivity contribution in [3.63, 3.8) is 0 Å². The first kappa shape index (κ1) is 17.4. The Labute approximate surface area is 161 Å². The molecule has 1 aliphatic rings. The number of para-hydroxylation sites is 2. The van der Waals surface area contributed by atoms with Gasteiger partial charge in [-0.25, -0.2) is 0 Å². The number of rotatable bonds is 6. The largest absolute Gasteiger partial charge is 0.494 e. The number of hydrogen-bond acceptors (Lipinski definition) is 4. The van der Waals surface area contributed by atoms with E-state index in [2.05, 4.69) is 16.0 Å². The van der Waals surface area contributed by atoms with Crippen molar-refractivity contribution in [1.82, 2.24) is 9.88 Å². The molecule has 136 valence electrons. The van der Waals surface area contributed by atoms with Gasteiger partial charge >= 0.3 is 0 Å². The molecule has 2 amide bonds. The van der Waals surface area contributed by atoms with Crippen LogP contribution in [0.2, 0.25) is 0 Å². The Kier molecular flexibility index (Phi) is 4.98. The van der Waals surface area contributed by atoms with Crippen LogP contribution in [0.15, 0.2) is 65.7 Å². The van der Waals surface area contributed by atoms with E-state index >= 15 is 0 Å². The molecule has 0 bridgehead atoms. The van der Waals surface area contributed by atoms with Gasteiger partial charge in [-0.05, 0) is 42.5 Å². The Morgan fingerprint density at radius 2 is 1.81 bits per heavy atom. The van der Waals surface area contributed by atoms with Crippen molar-refractivity contribution < 1.29 is 14.3 Å². The van der Waals surface area contributed by atoms with Crippen LogP contribution >= 0.6 is 11.8 Å². The molecule has 1 fully saturated rings. The van der Waals surface area contributed by atoms with Crippen molar-refractivity contribution in [3.8, 4) is 5.75 Å². The van der Waals surface area contributed by atoms with Crippen LogP contribution in [0.4, 0.5) is 4.79 Å². The van der Waals surface area contributed by atoms with E-state index in [1.165, 1.54) is 0 Å². The number of carbonyl (C=O) groups excluding carboxylic acids is 2. The first-order valence-corrected chi connectivity index (χ1v) is 9.53. The number of nitrogens with one attached hydrogen (secondary N) is 1. The maximum absolute atomic E-state index is 11.8. The number of nitrogens with zero attached hydrogens (tertiary/aromatic N) is 1. The summed E-state index contributed by atoms with van der Waals surface area (Å²) < 4.78 is 7.92. The van der Waals surface area contributed by atoms with E-state index in [0.717, 1.165) is 46.9 Å². The number of fused-ring (bicyclic) bond motifs is 1. The average molecular weight is 378 g/mol. The molecule has 2 aromatic carbocycles. The molecule has 0 aliphatic carbocycles. The van der Waals surface area contributed by atoms with Crippen LogP contribution < -0.4 is 10.1 Å². The molecule has 6 heteroatoms. The van der Waals surface area contributed by atoms with Crippen molar-refractivity contribution in [1.29, 1.82) is 0 Å². The minimum atomic E-state index is -0.335. The van der Waals surface area contributed by atoms with E-state index in [1.807, 2.05) is 54.7 Å². The van der Waals surface area contributed by atoms with E-state index in [-0.39, 0.29) is 11.1 Å². The molecule has 1 N–H and O–H groups in total. The summed E-state index contributed by atoms with van der Waals surface area (Å²) in [4.78, 5) is 23.6. The summed E-state index contributed by atoms with van der Waals surface area (Å²) >= 11 is 0.938. The molecule has 1 aliphatic heterocycles. The molecule has 4 rings (SSSR count). The molecular weight excluding hydrogens is 360 g/mol. The van der Waals surface area contributed by atoms with Gasteiger partial charge in [-0.2, -0.15) is 0 Å². The lowest BCUT2D eigenvalue weighted by Gasteiger charge is -2.07. The van der Waals surface area contributed by atoms with Crippen LogP contribution in [0.1, 0.15) is 12.0 Å². The fraction of sp³-hybridized carbons (Fsp3) is 0.143. The second kappa shape index (κ2) is 7.72. The summed E-state index contributed by atoms with van der Waals surface area (Å²) in [6, 6.07) is 17.8. The smallest absolute Gasteiger partial charge is 0.290 e. The van der Waals surface area contributed by atoms with Crippen molar-refractivity contribution >= 4 is 39.9 Å². The van der Waals surface area contributed by atoms with E-state index in [1.54, 1.807) is 6.08 Å². The molecule has 0 atom stereocenters. The number of carbonyl (C=O) groups is 2. The van der Waals surface area contributed by atoms with Crippen LogP contribution in [0, 0.1) is 0 Å². The van der Waals surface area contributed by atoms with Gasteiger partial charge in [0.25, 0.3) is 11.1 Å². The maximum atomic E-state index is 11.8. The third kappa shape index (κ3) is 3.90. The van der Waals surface area contributed by atoms with E-state index in [0.29, 0.717) is 11.5 Å². The zero-order valence-corrected chi connectivity index (χ0v) is 15.4. The Bertz CT molecular complexity index is 1020. The monoisotopic (exact) mass is 378 g/mol. The van der Waals surface area contributed by atoms with Gasteiger partial charge in [0.15, 0.2) is 0 Å². The van der Waals surface area contributed by atoms with Crippen molar-refractivity contribution in [2.75, 3.05) is 6.61 Å². The lowest BCUT2D eigenvalue weighted by Crippen LogP contribution is -2.17. The third-order valence-corrected chi connectivity index (χ3v) is 5.11. The molecule has 5 nitrogen and oxygen atoms in total. The molecule has 0 radical (unpaired) electrons. The normalized spacial score (nSPS) is 15.5. The van der Waals surface area contributed by atoms with Crippen molar-refractivity contribution in [2.45, 2.75) is 13.0 Å². The Hall–Kier alpha value is -2.99. The third-order valence-electron chi connectivity index (χ3n) is 4.30. The molecule has 0 unspecified atom stereocenters. The highest BCUT2D eigenvalue weighted by atomic mass is 32.2. The van der Waals surface area contributed by atoms with Gasteiger partial charge in [0.2, 0.25) is 0 Å². The minimum Gasteiger partial charge on any atom is -0.494 e. The fourth-order valence-electron chi connectivity index (χ4n) is 3.08. The summed E-state index contributed by atoms with van der Waals surface area (Å²) in [7, 11) is 0. The first-order chi connectivity index (χ1) is 13.2. The Morgan fingerprint density at radius 3 is 2.59 bits per heavy atom. The van der Waals surface area contributed by atoms with Crippen LogP contribution in [0.5, 0.6) is 5.75 Å². The SMILES string of the molecule is O=C1NC(=O)/C(=C/c2cn(CCCOc3ccccc3)c3ccccc23)S1. The second-order valence-electron chi connectivity index (χ2n) is 6.16. The summed E-state index contributed by atoms with van der Waals surface area (Å²) in [5.41, 5.74) is 2.03. The topological polar surface area (TPSA) is 60.3 Å². The highest BCUT2D eigenvalue weighted by Gasteiger charge is 2.25. The van der Waals surface area contributed by atoms with Crippen LogP contribution in [0.3, 0.4) is 0 Å². The molecular formula is C21H18N2O3S. The van der Waals surface area contributed by atoms with Gasteiger partial charge in [-0.1, -0.05) is 36.4 Å². The second-order valence-corrected chi connectivity index (χ2v) is 7.18. The highest BCUT2D eigenvalue weighted by Crippen LogP contribution is 2.29. The standard InChI is InChI=1S/C21H18N2O3S/c24-20-19(27-21(25)22-20)13-15-14-23(18-10-5-4-9-17(15)18)11-6-12-26-16-7-2-1-3-8-16/h1-5,7-10,13-14H,6,11-12H2,(H,22,24,25)/b19-13-. The average Bonchev–Trinajstić information content (AvgIpc) is 3.19. The van der Waals surface area contributed by atoms with Crippen LogP contribution in [-0.4, -0.2) is 22.3 Å². The number of ether oxygens (including phenoxy) is 1. The summed E-state index contributed by atoms with van der Waals surface area (Å²) in [5.74, 6) is 0.535. The lowest BCUT2D eigenvalue weighted by atomic mass is 10.1. The number of imide groups is 1. The van der Waals surface area contributed by atoms with Crippen molar-refractivity contribution in [2.24, 2.45) is 0 Å². The number of aryl methyl sites for hydroxylation is 1. The fourth-order valence-corrected chi connectivity index (χ4v) is 3.75. The molecule has 2 heterocycles. The van der Waals surface area contributed by atoms with Gasteiger partial charge in [0, 0.05) is 29.2 Å². The van der Waals surface area contributed by atoms with Gasteiger partial charge in [0.1, 0.15) is 5.75 Å². The summed E-state index contributed by atoms with van der Waals surface area (Å²) in [5, 5.41) is 3.02. The lowest BCUT2D eigenvalue weighted by molar-refractivity contribution is -0.115. The quantitative estimate of drug-likeness (QED) is 0.509. The van der Waals surface area contributed by atoms with E-state index in [9.17, 15) is 9.59 Å². The first-order valence-electron chi connectivity index (χ1n) is 8.71. The van der Waals surface area contributed by atoms with Gasteiger partial charge in [-0.15, -0.1) is 0 Å². The minimum absolute atomic E-state index is 0.326. The molecule has 0 saturated carbocycles. The van der Waals surface area contributed by atoms with Gasteiger partial charge in [-0.3, -0.25) is 14.9 Å².